The zero-order valence-corrected chi connectivity index (χ0v) is 13.6. The first-order chi connectivity index (χ1) is 11.1. The van der Waals surface area contributed by atoms with E-state index in [1.807, 2.05) is 54.7 Å². The Bertz CT molecular complexity index is 814. The van der Waals surface area contributed by atoms with E-state index in [2.05, 4.69) is 15.3 Å². The van der Waals surface area contributed by atoms with Gasteiger partial charge in [-0.15, -0.1) is 11.3 Å². The van der Waals surface area contributed by atoms with Gasteiger partial charge in [-0.2, -0.15) is 0 Å². The van der Waals surface area contributed by atoms with Gasteiger partial charge in [0.2, 0.25) is 5.88 Å². The van der Waals surface area contributed by atoms with Crippen molar-refractivity contribution in [2.75, 3.05) is 30.9 Å². The second kappa shape index (κ2) is 6.62. The molecule has 0 saturated heterocycles. The third kappa shape index (κ3) is 3.57. The molecule has 7 heteroatoms. The molecule has 1 N–H and O–H groups in total. The van der Waals surface area contributed by atoms with Gasteiger partial charge in [-0.1, -0.05) is 0 Å². The smallest absolute Gasteiger partial charge is 0.262 e. The monoisotopic (exact) mass is 328 g/mol. The molecular weight excluding hydrogens is 312 g/mol. The predicted octanol–water partition coefficient (Wildman–Crippen LogP) is 2.77. The van der Waals surface area contributed by atoms with E-state index in [1.54, 1.807) is 0 Å². The highest BCUT2D eigenvalue weighted by molar-refractivity contribution is 7.16. The fraction of sp³-hybridized carbons (Fsp3) is 0.188. The van der Waals surface area contributed by atoms with Crippen LogP contribution in [-0.2, 0) is 4.79 Å². The van der Waals surface area contributed by atoms with Gasteiger partial charge in [0.1, 0.15) is 11.2 Å². The predicted molar refractivity (Wildman–Crippen MR) is 92.3 cm³/mol. The van der Waals surface area contributed by atoms with Gasteiger partial charge < -0.3 is 15.0 Å². The third-order valence-corrected chi connectivity index (χ3v) is 4.05. The summed E-state index contributed by atoms with van der Waals surface area (Å²) in [4.78, 5) is 23.0. The van der Waals surface area contributed by atoms with Crippen LogP contribution in [0.2, 0.25) is 0 Å². The number of thiophene rings is 1. The van der Waals surface area contributed by atoms with Gasteiger partial charge in [0.15, 0.2) is 6.61 Å². The van der Waals surface area contributed by atoms with Crippen molar-refractivity contribution >= 4 is 38.8 Å². The minimum atomic E-state index is -0.232. The molecule has 1 amide bonds. The fourth-order valence-corrected chi connectivity index (χ4v) is 2.78. The lowest BCUT2D eigenvalue weighted by molar-refractivity contribution is -0.118. The Labute approximate surface area is 137 Å². The van der Waals surface area contributed by atoms with Crippen LogP contribution in [0.4, 0.5) is 11.4 Å². The van der Waals surface area contributed by atoms with Crippen molar-refractivity contribution in [1.82, 2.24) is 9.97 Å². The number of nitrogens with one attached hydrogen (secondary N) is 1. The molecule has 0 radical (unpaired) electrons. The van der Waals surface area contributed by atoms with Gasteiger partial charge >= 0.3 is 0 Å². The molecule has 6 nitrogen and oxygen atoms in total. The Morgan fingerprint density at radius 2 is 2.00 bits per heavy atom. The van der Waals surface area contributed by atoms with Crippen molar-refractivity contribution in [3.63, 3.8) is 0 Å². The first-order valence-corrected chi connectivity index (χ1v) is 7.89. The Morgan fingerprint density at radius 1 is 1.22 bits per heavy atom. The molecule has 0 bridgehead atoms. The molecule has 1 aromatic carbocycles. The number of carbonyl (C=O) groups excluding carboxylic acids is 1. The lowest BCUT2D eigenvalue weighted by Gasteiger charge is -2.13. The van der Waals surface area contributed by atoms with E-state index in [-0.39, 0.29) is 12.5 Å². The normalized spacial score (nSPS) is 10.5. The summed E-state index contributed by atoms with van der Waals surface area (Å²) in [5.41, 5.74) is 1.80. The summed E-state index contributed by atoms with van der Waals surface area (Å²) >= 11 is 1.51. The van der Waals surface area contributed by atoms with Crippen molar-refractivity contribution in [3.8, 4) is 5.88 Å². The molecule has 2 aromatic heterocycles. The summed E-state index contributed by atoms with van der Waals surface area (Å²) in [7, 11) is 3.93. The summed E-state index contributed by atoms with van der Waals surface area (Å²) < 4.78 is 5.51. The van der Waals surface area contributed by atoms with E-state index in [9.17, 15) is 4.79 Å². The Morgan fingerprint density at radius 3 is 2.74 bits per heavy atom. The van der Waals surface area contributed by atoms with Crippen molar-refractivity contribution in [3.05, 3.63) is 42.0 Å². The van der Waals surface area contributed by atoms with Gasteiger partial charge in [0.25, 0.3) is 5.91 Å². The van der Waals surface area contributed by atoms with Crippen LogP contribution < -0.4 is 15.0 Å². The van der Waals surface area contributed by atoms with Crippen molar-refractivity contribution < 1.29 is 9.53 Å². The van der Waals surface area contributed by atoms with Gasteiger partial charge in [-0.25, -0.2) is 9.97 Å². The number of nitrogens with zero attached hydrogens (tertiary/aromatic N) is 3. The molecule has 0 aliphatic rings. The number of amides is 1. The van der Waals surface area contributed by atoms with Crippen LogP contribution in [0, 0.1) is 0 Å². The highest BCUT2D eigenvalue weighted by Crippen LogP contribution is 2.25. The number of hydrogen-bond acceptors (Lipinski definition) is 6. The summed E-state index contributed by atoms with van der Waals surface area (Å²) in [6, 6.07) is 9.47. The molecule has 3 aromatic rings. The minimum absolute atomic E-state index is 0.0998. The average Bonchev–Trinajstić information content (AvgIpc) is 3.02. The highest BCUT2D eigenvalue weighted by Gasteiger charge is 2.09. The van der Waals surface area contributed by atoms with Crippen molar-refractivity contribution in [1.29, 1.82) is 0 Å². The van der Waals surface area contributed by atoms with Gasteiger partial charge in [0.05, 0.1) is 5.39 Å². The largest absolute Gasteiger partial charge is 0.467 e. The second-order valence-corrected chi connectivity index (χ2v) is 5.99. The molecule has 0 unspecified atom stereocenters. The molecule has 0 aliphatic carbocycles. The average molecular weight is 328 g/mol. The Hall–Kier alpha value is -2.67. The Kier molecular flexibility index (Phi) is 4.38. The van der Waals surface area contributed by atoms with E-state index in [0.717, 1.165) is 21.6 Å². The van der Waals surface area contributed by atoms with E-state index in [1.165, 1.54) is 17.7 Å². The lowest BCUT2D eigenvalue weighted by Crippen LogP contribution is -2.20. The van der Waals surface area contributed by atoms with Gasteiger partial charge in [-0.05, 0) is 35.7 Å². The van der Waals surface area contributed by atoms with Crippen LogP contribution >= 0.6 is 11.3 Å². The molecule has 0 fully saturated rings. The van der Waals surface area contributed by atoms with Crippen LogP contribution in [-0.4, -0.2) is 36.6 Å². The van der Waals surface area contributed by atoms with E-state index in [4.69, 9.17) is 4.74 Å². The number of hydrogen-bond donors (Lipinski definition) is 1. The fourth-order valence-electron chi connectivity index (χ4n) is 2.06. The zero-order valence-electron chi connectivity index (χ0n) is 12.8. The maximum absolute atomic E-state index is 12.0. The van der Waals surface area contributed by atoms with E-state index >= 15 is 0 Å². The summed E-state index contributed by atoms with van der Waals surface area (Å²) in [6.07, 6.45) is 1.44. The minimum Gasteiger partial charge on any atom is -0.467 e. The molecule has 0 saturated carbocycles. The standard InChI is InChI=1S/C16H16N4O2S/c1-20(2)12-5-3-11(4-6-12)19-14(21)9-22-15-13-7-8-23-16(13)18-10-17-15/h3-8,10H,9H2,1-2H3,(H,19,21). The number of fused-ring (bicyclic) bond motifs is 1. The number of aromatic nitrogens is 2. The molecule has 0 spiro atoms. The molecule has 0 atom stereocenters. The number of anilines is 2. The SMILES string of the molecule is CN(C)c1ccc(NC(=O)COc2ncnc3sccc23)cc1. The summed E-state index contributed by atoms with van der Waals surface area (Å²) in [5.74, 6) is 0.193. The second-order valence-electron chi connectivity index (χ2n) is 5.10. The van der Waals surface area contributed by atoms with Crippen molar-refractivity contribution in [2.24, 2.45) is 0 Å². The van der Waals surface area contributed by atoms with Crippen LogP contribution in [0.5, 0.6) is 5.88 Å². The Balaban J connectivity index is 1.60. The quantitative estimate of drug-likeness (QED) is 0.780. The van der Waals surface area contributed by atoms with Crippen LogP contribution in [0.1, 0.15) is 0 Å². The molecular formula is C16H16N4O2S. The number of ether oxygens (including phenoxy) is 1. The van der Waals surface area contributed by atoms with E-state index in [0.29, 0.717) is 5.88 Å². The number of rotatable bonds is 5. The molecule has 0 aliphatic heterocycles. The zero-order chi connectivity index (χ0) is 16.2. The first-order valence-electron chi connectivity index (χ1n) is 7.02. The molecule has 23 heavy (non-hydrogen) atoms. The summed E-state index contributed by atoms with van der Waals surface area (Å²) in [6.45, 7) is -0.0998. The van der Waals surface area contributed by atoms with Gasteiger partial charge in [0, 0.05) is 25.5 Å². The topological polar surface area (TPSA) is 67.4 Å². The number of carbonyl (C=O) groups is 1. The van der Waals surface area contributed by atoms with Gasteiger partial charge in [-0.3, -0.25) is 4.79 Å². The summed E-state index contributed by atoms with van der Waals surface area (Å²) in [5, 5.41) is 5.53. The number of benzene rings is 1. The van der Waals surface area contributed by atoms with Crippen LogP contribution in [0.15, 0.2) is 42.0 Å². The van der Waals surface area contributed by atoms with Crippen LogP contribution in [0.25, 0.3) is 10.2 Å². The molecule has 118 valence electrons. The maximum atomic E-state index is 12.0. The highest BCUT2D eigenvalue weighted by atomic mass is 32.1. The first kappa shape index (κ1) is 15.2. The van der Waals surface area contributed by atoms with Crippen molar-refractivity contribution in [2.45, 2.75) is 0 Å². The maximum Gasteiger partial charge on any atom is 0.262 e. The lowest BCUT2D eigenvalue weighted by atomic mass is 10.2. The molecule has 3 rings (SSSR count). The van der Waals surface area contributed by atoms with E-state index < -0.39 is 0 Å². The third-order valence-electron chi connectivity index (χ3n) is 3.23. The van der Waals surface area contributed by atoms with Crippen LogP contribution in [0.3, 0.4) is 0 Å². The molecule has 2 heterocycles.